The van der Waals surface area contributed by atoms with Gasteiger partial charge < -0.3 is 24.8 Å². The van der Waals surface area contributed by atoms with Crippen LogP contribution in [0.5, 0.6) is 17.2 Å². The Morgan fingerprint density at radius 2 is 1.59 bits per heavy atom. The summed E-state index contributed by atoms with van der Waals surface area (Å²) >= 11 is 0. The van der Waals surface area contributed by atoms with E-state index < -0.39 is 12.0 Å². The Bertz CT molecular complexity index is 1460. The number of carbonyl (C=O) groups is 2. The van der Waals surface area contributed by atoms with Gasteiger partial charge in [0, 0.05) is 12.2 Å². The number of hydrogen-bond acceptors (Lipinski definition) is 7. The van der Waals surface area contributed by atoms with Gasteiger partial charge in [0.25, 0.3) is 0 Å². The van der Waals surface area contributed by atoms with Crippen LogP contribution >= 0.6 is 0 Å². The predicted molar refractivity (Wildman–Crippen MR) is 147 cm³/mol. The molecule has 0 spiro atoms. The fourth-order valence-corrected chi connectivity index (χ4v) is 3.85. The normalized spacial score (nSPS) is 11.0. The van der Waals surface area contributed by atoms with Crippen LogP contribution in [0, 0.1) is 11.3 Å². The van der Waals surface area contributed by atoms with Gasteiger partial charge in [-0.25, -0.2) is 4.79 Å². The van der Waals surface area contributed by atoms with Crippen molar-refractivity contribution in [1.82, 2.24) is 5.32 Å². The van der Waals surface area contributed by atoms with Crippen molar-refractivity contribution in [3.63, 3.8) is 0 Å². The van der Waals surface area contributed by atoms with E-state index in [1.165, 1.54) is 14.2 Å². The minimum Gasteiger partial charge on any atom is -0.493 e. The number of nitriles is 1. The summed E-state index contributed by atoms with van der Waals surface area (Å²) in [6, 6.07) is 29.6. The van der Waals surface area contributed by atoms with Crippen LogP contribution in [-0.4, -0.2) is 26.1 Å². The number of esters is 1. The van der Waals surface area contributed by atoms with Crippen molar-refractivity contribution in [2.45, 2.75) is 12.6 Å². The summed E-state index contributed by atoms with van der Waals surface area (Å²) in [7, 11) is 2.84. The third-order valence-electron chi connectivity index (χ3n) is 5.92. The maximum absolute atomic E-state index is 13.4. The van der Waals surface area contributed by atoms with Crippen LogP contribution in [0.1, 0.15) is 33.1 Å². The van der Waals surface area contributed by atoms with Crippen molar-refractivity contribution < 1.29 is 23.8 Å². The Morgan fingerprint density at radius 3 is 2.23 bits per heavy atom. The van der Waals surface area contributed by atoms with Gasteiger partial charge in [0.05, 0.1) is 31.4 Å². The summed E-state index contributed by atoms with van der Waals surface area (Å²) in [4.78, 5) is 25.1. The molecule has 0 saturated carbocycles. The second kappa shape index (κ2) is 12.8. The van der Waals surface area contributed by atoms with E-state index in [2.05, 4.69) is 16.7 Å². The number of anilines is 1. The lowest BCUT2D eigenvalue weighted by molar-refractivity contribution is -0.122. The molecule has 1 amide bonds. The number of nitrogens with one attached hydrogen (secondary N) is 2. The minimum absolute atomic E-state index is 0.239. The highest BCUT2D eigenvalue weighted by Crippen LogP contribution is 2.35. The second-order valence-corrected chi connectivity index (χ2v) is 8.50. The fourth-order valence-electron chi connectivity index (χ4n) is 3.85. The molecule has 8 heteroatoms. The first-order chi connectivity index (χ1) is 19.0. The van der Waals surface area contributed by atoms with Gasteiger partial charge in [-0.05, 0) is 71.8 Å². The number of amides is 1. The molecule has 1 unspecified atom stereocenters. The average molecular weight is 522 g/mol. The molecule has 1 atom stereocenters. The Kier molecular flexibility index (Phi) is 8.78. The Hall–Kier alpha value is -5.29. The highest BCUT2D eigenvalue weighted by molar-refractivity contribution is 5.89. The molecule has 4 rings (SSSR count). The van der Waals surface area contributed by atoms with Crippen molar-refractivity contribution in [1.29, 1.82) is 5.26 Å². The van der Waals surface area contributed by atoms with Crippen molar-refractivity contribution in [2.75, 3.05) is 19.5 Å². The smallest absolute Gasteiger partial charge is 0.337 e. The van der Waals surface area contributed by atoms with Gasteiger partial charge in [-0.3, -0.25) is 4.79 Å². The highest BCUT2D eigenvalue weighted by atomic mass is 16.5. The molecule has 4 aromatic carbocycles. The van der Waals surface area contributed by atoms with E-state index in [9.17, 15) is 9.59 Å². The molecule has 0 bridgehead atoms. The van der Waals surface area contributed by atoms with E-state index in [0.29, 0.717) is 46.2 Å². The summed E-state index contributed by atoms with van der Waals surface area (Å²) < 4.78 is 16.3. The number of methoxy groups -OCH3 is 2. The standard InChI is InChI=1S/C31H27N3O5/c1-37-28-18-24(12-17-27(28)39-26-15-10-23(11-16-26)31(36)38-2)29(34-25-13-8-21(19-32)9-14-25)30(35)33-20-22-6-4-3-5-7-22/h3-18,29,34H,20H2,1-2H3,(H,33,35). The maximum atomic E-state index is 13.4. The van der Waals surface area contributed by atoms with Crippen LogP contribution < -0.4 is 20.1 Å². The fraction of sp³-hybridized carbons (Fsp3) is 0.129. The lowest BCUT2D eigenvalue weighted by Gasteiger charge is -2.21. The summed E-state index contributed by atoms with van der Waals surface area (Å²) in [5, 5.41) is 15.4. The first-order valence-electron chi connectivity index (χ1n) is 12.1. The largest absolute Gasteiger partial charge is 0.493 e. The molecular weight excluding hydrogens is 494 g/mol. The lowest BCUT2D eigenvalue weighted by Crippen LogP contribution is -2.33. The van der Waals surface area contributed by atoms with Crippen LogP contribution in [0.25, 0.3) is 0 Å². The van der Waals surface area contributed by atoms with Crippen molar-refractivity contribution >= 4 is 17.6 Å². The molecular formula is C31H27N3O5. The number of ether oxygens (including phenoxy) is 3. The third-order valence-corrected chi connectivity index (χ3v) is 5.92. The van der Waals surface area contributed by atoms with Gasteiger partial charge in [-0.1, -0.05) is 36.4 Å². The molecule has 0 radical (unpaired) electrons. The lowest BCUT2D eigenvalue weighted by atomic mass is 10.0. The van der Waals surface area contributed by atoms with Crippen LogP contribution in [-0.2, 0) is 16.1 Å². The number of carbonyl (C=O) groups excluding carboxylic acids is 2. The maximum Gasteiger partial charge on any atom is 0.337 e. The molecule has 0 aliphatic heterocycles. The zero-order valence-electron chi connectivity index (χ0n) is 21.5. The van der Waals surface area contributed by atoms with Crippen LogP contribution in [0.4, 0.5) is 5.69 Å². The molecule has 2 N–H and O–H groups in total. The van der Waals surface area contributed by atoms with E-state index in [1.54, 1.807) is 66.7 Å². The zero-order valence-corrected chi connectivity index (χ0v) is 21.5. The Balaban J connectivity index is 1.58. The van der Waals surface area contributed by atoms with Crippen molar-refractivity contribution in [3.8, 4) is 23.3 Å². The van der Waals surface area contributed by atoms with Gasteiger partial charge in [0.2, 0.25) is 5.91 Å². The van der Waals surface area contributed by atoms with Gasteiger partial charge >= 0.3 is 5.97 Å². The minimum atomic E-state index is -0.760. The Morgan fingerprint density at radius 1 is 0.872 bits per heavy atom. The predicted octanol–water partition coefficient (Wildman–Crippen LogP) is 5.62. The van der Waals surface area contributed by atoms with E-state index in [1.807, 2.05) is 30.3 Å². The topological polar surface area (TPSA) is 110 Å². The van der Waals surface area contributed by atoms with Crippen molar-refractivity contribution in [3.05, 3.63) is 119 Å². The molecule has 0 aromatic heterocycles. The summed E-state index contributed by atoms with van der Waals surface area (Å²) in [5.41, 5.74) is 3.23. The summed E-state index contributed by atoms with van der Waals surface area (Å²) in [6.07, 6.45) is 0. The average Bonchev–Trinajstić information content (AvgIpc) is 2.99. The van der Waals surface area contributed by atoms with Crippen molar-refractivity contribution in [2.24, 2.45) is 0 Å². The molecule has 196 valence electrons. The molecule has 0 aliphatic rings. The van der Waals surface area contributed by atoms with Crippen LogP contribution in [0.3, 0.4) is 0 Å². The number of benzene rings is 4. The summed E-state index contributed by atoms with van der Waals surface area (Å²) in [6.45, 7) is 0.366. The third kappa shape index (κ3) is 6.93. The molecule has 0 saturated heterocycles. The van der Waals surface area contributed by atoms with E-state index in [4.69, 9.17) is 19.5 Å². The monoisotopic (exact) mass is 521 g/mol. The first-order valence-corrected chi connectivity index (χ1v) is 12.1. The Labute approximate surface area is 226 Å². The first kappa shape index (κ1) is 26.8. The van der Waals surface area contributed by atoms with Gasteiger partial charge in [-0.2, -0.15) is 5.26 Å². The zero-order chi connectivity index (χ0) is 27.6. The number of hydrogen-bond donors (Lipinski definition) is 2. The number of nitrogens with zero attached hydrogens (tertiary/aromatic N) is 1. The quantitative estimate of drug-likeness (QED) is 0.261. The van der Waals surface area contributed by atoms with Gasteiger partial charge in [0.1, 0.15) is 11.8 Å². The van der Waals surface area contributed by atoms with E-state index in [-0.39, 0.29) is 5.91 Å². The summed E-state index contributed by atoms with van der Waals surface area (Å²) in [5.74, 6) is 0.689. The van der Waals surface area contributed by atoms with E-state index in [0.717, 1.165) is 5.56 Å². The molecule has 4 aromatic rings. The highest BCUT2D eigenvalue weighted by Gasteiger charge is 2.22. The SMILES string of the molecule is COC(=O)c1ccc(Oc2ccc(C(Nc3ccc(C#N)cc3)C(=O)NCc3ccccc3)cc2OC)cc1. The number of rotatable bonds is 10. The molecule has 39 heavy (non-hydrogen) atoms. The van der Waals surface area contributed by atoms with Gasteiger partial charge in [0.15, 0.2) is 11.5 Å². The molecule has 0 heterocycles. The van der Waals surface area contributed by atoms with E-state index >= 15 is 0 Å². The van der Waals surface area contributed by atoms with Crippen LogP contribution in [0.15, 0.2) is 97.1 Å². The molecule has 8 nitrogen and oxygen atoms in total. The molecule has 0 fully saturated rings. The van der Waals surface area contributed by atoms with Gasteiger partial charge in [-0.15, -0.1) is 0 Å². The second-order valence-electron chi connectivity index (χ2n) is 8.50. The molecule has 0 aliphatic carbocycles. The van der Waals surface area contributed by atoms with Crippen LogP contribution in [0.2, 0.25) is 0 Å².